The lowest BCUT2D eigenvalue weighted by molar-refractivity contribution is 0.451. The molecule has 2 aliphatic rings. The molecule has 0 amide bonds. The Morgan fingerprint density at radius 3 is 1.62 bits per heavy atom. The summed E-state index contributed by atoms with van der Waals surface area (Å²) in [5.74, 6) is 0. The first-order valence-corrected chi connectivity index (χ1v) is 7.98. The highest BCUT2D eigenvalue weighted by Crippen LogP contribution is 2.42. The van der Waals surface area contributed by atoms with Crippen molar-refractivity contribution in [3.05, 3.63) is 0 Å². The van der Waals surface area contributed by atoms with Crippen LogP contribution >= 0.6 is 31.9 Å². The van der Waals surface area contributed by atoms with Gasteiger partial charge in [0, 0.05) is 9.65 Å². The third-order valence-electron chi connectivity index (χ3n) is 3.10. The van der Waals surface area contributed by atoms with Crippen LogP contribution in [-0.2, 0) is 9.84 Å². The monoisotopic (exact) mass is 330 g/mol. The van der Waals surface area contributed by atoms with Crippen LogP contribution in [0, 0.1) is 0 Å². The Hall–Kier alpha value is 0.910. The van der Waals surface area contributed by atoms with E-state index >= 15 is 0 Å². The number of sulfone groups is 1. The molecule has 0 unspecified atom stereocenters. The van der Waals surface area contributed by atoms with Crippen molar-refractivity contribution < 1.29 is 8.42 Å². The summed E-state index contributed by atoms with van der Waals surface area (Å²) in [5.41, 5.74) is 0. The lowest BCUT2D eigenvalue weighted by Crippen LogP contribution is -2.50. The maximum absolute atomic E-state index is 12.0. The lowest BCUT2D eigenvalue weighted by Gasteiger charge is -2.40. The summed E-state index contributed by atoms with van der Waals surface area (Å²) in [6.07, 6.45) is 3.61. The maximum atomic E-state index is 12.0. The van der Waals surface area contributed by atoms with Crippen molar-refractivity contribution in [1.82, 2.24) is 0 Å². The average molecular weight is 332 g/mol. The van der Waals surface area contributed by atoms with E-state index in [0.717, 1.165) is 25.7 Å². The van der Waals surface area contributed by atoms with E-state index in [0.29, 0.717) is 0 Å². The minimum Gasteiger partial charge on any atom is -0.228 e. The minimum absolute atomic E-state index is 0.125. The van der Waals surface area contributed by atoms with Gasteiger partial charge in [-0.15, -0.1) is 0 Å². The van der Waals surface area contributed by atoms with Gasteiger partial charge in [-0.05, 0) is 25.7 Å². The summed E-state index contributed by atoms with van der Waals surface area (Å²) in [5, 5.41) is -0.250. The number of hydrogen-bond donors (Lipinski definition) is 0. The van der Waals surface area contributed by atoms with Crippen molar-refractivity contribution in [3.8, 4) is 0 Å². The second-order valence-electron chi connectivity index (χ2n) is 3.85. The van der Waals surface area contributed by atoms with Crippen LogP contribution in [0.3, 0.4) is 0 Å². The molecule has 0 aliphatic carbocycles. The fourth-order valence-corrected chi connectivity index (χ4v) is 7.68. The van der Waals surface area contributed by atoms with E-state index in [9.17, 15) is 8.42 Å². The van der Waals surface area contributed by atoms with Crippen LogP contribution in [0.5, 0.6) is 0 Å². The van der Waals surface area contributed by atoms with Gasteiger partial charge in [0.05, 0.1) is 10.5 Å². The Kier molecular flexibility index (Phi) is 2.80. The smallest absolute Gasteiger partial charge is 0.158 e. The Bertz CT molecular complexity index is 277. The van der Waals surface area contributed by atoms with Gasteiger partial charge in [0.2, 0.25) is 0 Å². The van der Waals surface area contributed by atoms with Crippen LogP contribution in [0.25, 0.3) is 0 Å². The molecule has 2 saturated heterocycles. The van der Waals surface area contributed by atoms with Crippen molar-refractivity contribution in [1.29, 1.82) is 0 Å². The molecule has 0 aromatic heterocycles. The van der Waals surface area contributed by atoms with Crippen LogP contribution in [0.2, 0.25) is 0 Å². The normalized spacial score (nSPS) is 48.8. The first-order valence-electron chi connectivity index (χ1n) is 4.54. The van der Waals surface area contributed by atoms with Gasteiger partial charge < -0.3 is 0 Å². The average Bonchev–Trinajstić information content (AvgIpc) is 1.99. The van der Waals surface area contributed by atoms with E-state index in [4.69, 9.17) is 0 Å². The first kappa shape index (κ1) is 10.4. The van der Waals surface area contributed by atoms with Crippen molar-refractivity contribution >= 4 is 41.7 Å². The Balaban J connectivity index is 2.36. The molecule has 76 valence electrons. The molecule has 2 heterocycles. The number of hydrogen-bond acceptors (Lipinski definition) is 2. The molecule has 2 nitrogen and oxygen atoms in total. The van der Waals surface area contributed by atoms with E-state index in [-0.39, 0.29) is 20.2 Å². The van der Waals surface area contributed by atoms with Crippen LogP contribution in [-0.4, -0.2) is 28.6 Å². The number of fused-ring (bicyclic) bond motifs is 2. The molecule has 2 aliphatic heterocycles. The van der Waals surface area contributed by atoms with Crippen molar-refractivity contribution in [2.75, 3.05) is 0 Å². The summed E-state index contributed by atoms with van der Waals surface area (Å²) in [6.45, 7) is 0. The van der Waals surface area contributed by atoms with E-state index in [1.165, 1.54) is 0 Å². The topological polar surface area (TPSA) is 34.1 Å². The molecule has 0 radical (unpaired) electrons. The van der Waals surface area contributed by atoms with Crippen molar-refractivity contribution in [2.45, 2.75) is 45.8 Å². The molecule has 0 N–H and O–H groups in total. The summed E-state index contributed by atoms with van der Waals surface area (Å²) in [7, 11) is -2.86. The Morgan fingerprint density at radius 2 is 1.23 bits per heavy atom. The van der Waals surface area contributed by atoms with Crippen LogP contribution in [0.15, 0.2) is 0 Å². The van der Waals surface area contributed by atoms with Crippen LogP contribution in [0.4, 0.5) is 0 Å². The molecule has 4 atom stereocenters. The van der Waals surface area contributed by atoms with E-state index in [1.807, 2.05) is 0 Å². The minimum atomic E-state index is -2.86. The van der Waals surface area contributed by atoms with Gasteiger partial charge in [-0.1, -0.05) is 31.9 Å². The number of rotatable bonds is 0. The second kappa shape index (κ2) is 3.49. The lowest BCUT2D eigenvalue weighted by atomic mass is 9.99. The molecule has 2 rings (SSSR count). The predicted octanol–water partition coefficient (Wildman–Crippen LogP) is 2.25. The number of halogens is 2. The van der Waals surface area contributed by atoms with Crippen LogP contribution in [0.1, 0.15) is 25.7 Å². The van der Waals surface area contributed by atoms with Crippen molar-refractivity contribution in [2.24, 2.45) is 0 Å². The summed E-state index contributed by atoms with van der Waals surface area (Å²) < 4.78 is 23.9. The van der Waals surface area contributed by atoms with E-state index in [2.05, 4.69) is 31.9 Å². The zero-order valence-corrected chi connectivity index (χ0v) is 11.1. The summed E-state index contributed by atoms with van der Waals surface area (Å²) in [4.78, 5) is 0.377. The first-order chi connectivity index (χ1) is 6.03. The van der Waals surface area contributed by atoms with Crippen LogP contribution < -0.4 is 0 Å². The molecule has 2 fully saturated rings. The van der Waals surface area contributed by atoms with Gasteiger partial charge in [-0.2, -0.15) is 0 Å². The molecule has 0 spiro atoms. The molecular weight excluding hydrogens is 320 g/mol. The summed E-state index contributed by atoms with van der Waals surface area (Å²) >= 11 is 6.95. The van der Waals surface area contributed by atoms with E-state index < -0.39 is 9.84 Å². The Labute approximate surface area is 95.6 Å². The van der Waals surface area contributed by atoms with Gasteiger partial charge in [-0.25, -0.2) is 8.42 Å². The Morgan fingerprint density at radius 1 is 0.846 bits per heavy atom. The second-order valence-corrected chi connectivity index (χ2v) is 8.59. The van der Waals surface area contributed by atoms with Gasteiger partial charge >= 0.3 is 0 Å². The number of alkyl halides is 2. The third kappa shape index (κ3) is 1.61. The molecule has 0 aromatic rings. The highest BCUT2D eigenvalue weighted by atomic mass is 79.9. The predicted molar refractivity (Wildman–Crippen MR) is 60.4 cm³/mol. The molecule has 13 heavy (non-hydrogen) atoms. The quantitative estimate of drug-likeness (QED) is 0.638. The molecule has 2 bridgehead atoms. The highest BCUT2D eigenvalue weighted by Gasteiger charge is 2.48. The molecule has 5 heteroatoms. The maximum Gasteiger partial charge on any atom is 0.158 e. The van der Waals surface area contributed by atoms with Gasteiger partial charge in [0.25, 0.3) is 0 Å². The highest BCUT2D eigenvalue weighted by molar-refractivity contribution is 9.10. The van der Waals surface area contributed by atoms with Gasteiger partial charge in [0.1, 0.15) is 0 Å². The van der Waals surface area contributed by atoms with E-state index in [1.54, 1.807) is 0 Å². The fourth-order valence-electron chi connectivity index (χ4n) is 2.35. The molecule has 0 saturated carbocycles. The SMILES string of the molecule is O=S1(=O)[C@@H]2CC[C@H](Br)[C@@H]1CC[C@@H]2Br. The molecule has 0 aromatic carbocycles. The third-order valence-corrected chi connectivity index (χ3v) is 8.81. The van der Waals surface area contributed by atoms with Gasteiger partial charge in [-0.3, -0.25) is 0 Å². The van der Waals surface area contributed by atoms with Crippen molar-refractivity contribution in [3.63, 3.8) is 0 Å². The largest absolute Gasteiger partial charge is 0.228 e. The van der Waals surface area contributed by atoms with Gasteiger partial charge in [0.15, 0.2) is 9.84 Å². The fraction of sp³-hybridized carbons (Fsp3) is 1.00. The zero-order valence-electron chi connectivity index (χ0n) is 7.12. The standard InChI is InChI=1S/C8H12Br2O2S/c9-5-1-3-7-6(10)2-4-8(5)13(7,11)12/h5-8H,1-4H2/t5-,6-,7-,8+/m0/s1. The zero-order chi connectivity index (χ0) is 9.64. The molecular formula is C8H12Br2O2S. The summed E-state index contributed by atoms with van der Waals surface area (Å²) in [6, 6.07) is 0.